The van der Waals surface area contributed by atoms with Crippen molar-refractivity contribution >= 4 is 17.5 Å². The van der Waals surface area contributed by atoms with Crippen LogP contribution in [0.5, 0.6) is 0 Å². The van der Waals surface area contributed by atoms with Crippen molar-refractivity contribution in [2.24, 2.45) is 5.92 Å². The number of benzene rings is 1. The molecule has 4 rings (SSSR count). The number of aliphatic hydroxyl groups is 1. The normalized spacial score (nSPS) is 21.5. The third kappa shape index (κ3) is 5.46. The first-order valence-electron chi connectivity index (χ1n) is 11.8. The molecule has 0 spiro atoms. The lowest BCUT2D eigenvalue weighted by Gasteiger charge is -2.34. The number of hydrogen-bond acceptors (Lipinski definition) is 6. The van der Waals surface area contributed by atoms with Crippen LogP contribution in [0.1, 0.15) is 44.4 Å². The monoisotopic (exact) mass is 466 g/mol. The van der Waals surface area contributed by atoms with Gasteiger partial charge in [-0.1, -0.05) is 39.0 Å². The van der Waals surface area contributed by atoms with Crippen molar-refractivity contribution in [1.29, 1.82) is 0 Å². The maximum absolute atomic E-state index is 13.8. The molecule has 0 aliphatic carbocycles. The van der Waals surface area contributed by atoms with E-state index in [9.17, 15) is 14.7 Å². The zero-order chi connectivity index (χ0) is 24.3. The molecule has 0 radical (unpaired) electrons. The molecule has 3 unspecified atom stereocenters. The van der Waals surface area contributed by atoms with Crippen molar-refractivity contribution in [2.45, 2.75) is 50.8 Å². The fourth-order valence-electron chi connectivity index (χ4n) is 4.30. The van der Waals surface area contributed by atoms with Gasteiger partial charge in [0.2, 0.25) is 11.8 Å². The molecular formula is C26H34N4O4. The number of β-amino-alcohol motifs (C(OH)–C–C–N with tert-alkyl or cyclic N) is 1. The molecule has 0 bridgehead atoms. The van der Waals surface area contributed by atoms with Crippen LogP contribution in [0.15, 0.2) is 48.8 Å². The Morgan fingerprint density at radius 1 is 1.24 bits per heavy atom. The van der Waals surface area contributed by atoms with Crippen LogP contribution in [0.25, 0.3) is 0 Å². The minimum absolute atomic E-state index is 0.0462. The molecule has 2 aromatic rings. The first-order valence-corrected chi connectivity index (χ1v) is 11.8. The van der Waals surface area contributed by atoms with E-state index in [4.69, 9.17) is 4.74 Å². The van der Waals surface area contributed by atoms with E-state index in [2.05, 4.69) is 36.4 Å². The van der Waals surface area contributed by atoms with E-state index in [0.717, 1.165) is 5.56 Å². The van der Waals surface area contributed by atoms with E-state index < -0.39 is 18.2 Å². The molecule has 0 saturated carbocycles. The molecule has 2 fully saturated rings. The van der Waals surface area contributed by atoms with Crippen molar-refractivity contribution in [3.8, 4) is 0 Å². The average Bonchev–Trinajstić information content (AvgIpc) is 3.22. The summed E-state index contributed by atoms with van der Waals surface area (Å²) in [6.45, 7) is 8.47. The number of nitrogens with zero attached hydrogens (tertiary/aromatic N) is 2. The number of pyridine rings is 1. The van der Waals surface area contributed by atoms with Gasteiger partial charge >= 0.3 is 0 Å². The molecule has 2 saturated heterocycles. The van der Waals surface area contributed by atoms with E-state index in [0.29, 0.717) is 44.0 Å². The molecule has 1 aromatic heterocycles. The summed E-state index contributed by atoms with van der Waals surface area (Å²) in [5.74, 6) is -0.247. The fraction of sp³-hybridized carbons (Fsp3) is 0.500. The molecule has 3 heterocycles. The minimum atomic E-state index is -0.901. The van der Waals surface area contributed by atoms with E-state index in [1.165, 1.54) is 0 Å². The van der Waals surface area contributed by atoms with E-state index in [1.807, 2.05) is 30.3 Å². The van der Waals surface area contributed by atoms with Gasteiger partial charge < -0.3 is 20.5 Å². The van der Waals surface area contributed by atoms with Crippen LogP contribution in [0.4, 0.5) is 5.69 Å². The molecule has 3 N–H and O–H groups in total. The molecule has 2 aliphatic heterocycles. The number of nitrogens with one attached hydrogen (secondary N) is 2. The summed E-state index contributed by atoms with van der Waals surface area (Å²) in [5.41, 5.74) is 2.33. The van der Waals surface area contributed by atoms with E-state index in [-0.39, 0.29) is 23.1 Å². The summed E-state index contributed by atoms with van der Waals surface area (Å²) >= 11 is 0. The number of anilines is 1. The smallest absolute Gasteiger partial charge is 0.247 e. The molecule has 2 aliphatic rings. The molecule has 182 valence electrons. The maximum Gasteiger partial charge on any atom is 0.247 e. The number of aromatic nitrogens is 1. The Morgan fingerprint density at radius 3 is 2.50 bits per heavy atom. The van der Waals surface area contributed by atoms with Gasteiger partial charge in [0.15, 0.2) is 0 Å². The molecule has 8 heteroatoms. The first-order chi connectivity index (χ1) is 16.2. The van der Waals surface area contributed by atoms with Crippen LogP contribution >= 0.6 is 0 Å². The standard InChI is InChI=1S/C26H34N4O4/c1-26(2,3)19-6-8-20(9-7-19)30(25(33)22-11-21(31)14-28-22)23(18-5-4-10-27-13-18)24(32)29-12-17-15-34-16-17/h4-10,13,17,21-23,28,31H,11-12,14-16H2,1-3H3,(H,29,32). The predicted molar refractivity (Wildman–Crippen MR) is 129 cm³/mol. The topological polar surface area (TPSA) is 104 Å². The number of amides is 2. The fourth-order valence-corrected chi connectivity index (χ4v) is 4.30. The van der Waals surface area contributed by atoms with Crippen molar-refractivity contribution < 1.29 is 19.4 Å². The Hall–Kier alpha value is -2.81. The summed E-state index contributed by atoms with van der Waals surface area (Å²) in [4.78, 5) is 33.2. The van der Waals surface area contributed by atoms with Gasteiger partial charge in [0, 0.05) is 42.7 Å². The summed E-state index contributed by atoms with van der Waals surface area (Å²) in [6, 6.07) is 9.86. The number of carbonyl (C=O) groups excluding carboxylic acids is 2. The minimum Gasteiger partial charge on any atom is -0.392 e. The van der Waals surface area contributed by atoms with Crippen LogP contribution < -0.4 is 15.5 Å². The van der Waals surface area contributed by atoms with Gasteiger partial charge in [0.05, 0.1) is 25.4 Å². The van der Waals surface area contributed by atoms with Gasteiger partial charge in [0.25, 0.3) is 0 Å². The van der Waals surface area contributed by atoms with Gasteiger partial charge in [0.1, 0.15) is 6.04 Å². The lowest BCUT2D eigenvalue weighted by molar-refractivity contribution is -0.128. The van der Waals surface area contributed by atoms with Gasteiger partial charge in [-0.3, -0.25) is 19.5 Å². The SMILES string of the molecule is CC(C)(C)c1ccc(N(C(=O)C2CC(O)CN2)C(C(=O)NCC2COC2)c2cccnc2)cc1. The second-order valence-electron chi connectivity index (χ2n) is 10.2. The van der Waals surface area contributed by atoms with Crippen molar-refractivity contribution in [1.82, 2.24) is 15.6 Å². The van der Waals surface area contributed by atoms with Gasteiger partial charge in [-0.15, -0.1) is 0 Å². The zero-order valence-electron chi connectivity index (χ0n) is 20.0. The molecule has 1 aromatic carbocycles. The van der Waals surface area contributed by atoms with Crippen LogP contribution in [0.3, 0.4) is 0 Å². The van der Waals surface area contributed by atoms with Gasteiger partial charge in [-0.2, -0.15) is 0 Å². The molecule has 3 atom stereocenters. The van der Waals surface area contributed by atoms with Crippen molar-refractivity contribution in [3.05, 3.63) is 59.9 Å². The second-order valence-corrected chi connectivity index (χ2v) is 10.2. The van der Waals surface area contributed by atoms with Crippen LogP contribution in [-0.2, 0) is 19.7 Å². The van der Waals surface area contributed by atoms with Gasteiger partial charge in [-0.25, -0.2) is 0 Å². The number of carbonyl (C=O) groups is 2. The second kappa shape index (κ2) is 10.2. The lowest BCUT2D eigenvalue weighted by Crippen LogP contribution is -2.51. The number of rotatable bonds is 7. The van der Waals surface area contributed by atoms with Crippen LogP contribution in [0, 0.1) is 5.92 Å². The number of hydrogen-bond donors (Lipinski definition) is 3. The highest BCUT2D eigenvalue weighted by Gasteiger charge is 2.39. The Balaban J connectivity index is 1.72. The summed E-state index contributed by atoms with van der Waals surface area (Å²) in [7, 11) is 0. The first kappa shape index (κ1) is 24.3. The number of aliphatic hydroxyl groups excluding tert-OH is 1. The molecular weight excluding hydrogens is 432 g/mol. The van der Waals surface area contributed by atoms with Crippen LogP contribution in [0.2, 0.25) is 0 Å². The summed E-state index contributed by atoms with van der Waals surface area (Å²) < 4.78 is 5.23. The molecule has 8 nitrogen and oxygen atoms in total. The summed E-state index contributed by atoms with van der Waals surface area (Å²) in [5, 5.41) is 16.1. The Labute approximate surface area is 200 Å². The Morgan fingerprint density at radius 2 is 1.97 bits per heavy atom. The van der Waals surface area contributed by atoms with E-state index in [1.54, 1.807) is 23.4 Å². The largest absolute Gasteiger partial charge is 0.392 e. The van der Waals surface area contributed by atoms with Crippen LogP contribution in [-0.4, -0.2) is 60.4 Å². The van der Waals surface area contributed by atoms with Gasteiger partial charge in [-0.05, 0) is 35.6 Å². The lowest BCUT2D eigenvalue weighted by atomic mass is 9.87. The molecule has 2 amide bonds. The van der Waals surface area contributed by atoms with Crippen molar-refractivity contribution in [2.75, 3.05) is 31.2 Å². The zero-order valence-corrected chi connectivity index (χ0v) is 20.0. The quantitative estimate of drug-likeness (QED) is 0.576. The Bertz CT molecular complexity index is 986. The third-order valence-corrected chi connectivity index (χ3v) is 6.43. The maximum atomic E-state index is 13.8. The Kier molecular flexibility index (Phi) is 7.30. The number of ether oxygens (including phenoxy) is 1. The summed E-state index contributed by atoms with van der Waals surface area (Å²) in [6.07, 6.45) is 2.97. The van der Waals surface area contributed by atoms with E-state index >= 15 is 0 Å². The molecule has 34 heavy (non-hydrogen) atoms. The predicted octanol–water partition coefficient (Wildman–Crippen LogP) is 1.94. The highest BCUT2D eigenvalue weighted by Crippen LogP contribution is 2.32. The third-order valence-electron chi connectivity index (χ3n) is 6.43. The van der Waals surface area contributed by atoms with Crippen molar-refractivity contribution in [3.63, 3.8) is 0 Å². The average molecular weight is 467 g/mol. The highest BCUT2D eigenvalue weighted by molar-refractivity contribution is 6.03. The highest BCUT2D eigenvalue weighted by atomic mass is 16.5.